The highest BCUT2D eigenvalue weighted by Gasteiger charge is 2.29. The number of hydrogen-bond donors (Lipinski definition) is 1. The molecule has 2 aromatic rings. The number of nitrogens with one attached hydrogen (secondary N) is 1. The monoisotopic (exact) mass is 532 g/mol. The van der Waals surface area contributed by atoms with Gasteiger partial charge in [0.15, 0.2) is 5.82 Å². The van der Waals surface area contributed by atoms with Crippen molar-refractivity contribution in [1.82, 2.24) is 29.3 Å². The summed E-state index contributed by atoms with van der Waals surface area (Å²) in [6, 6.07) is 9.54. The van der Waals surface area contributed by atoms with Crippen LogP contribution in [0, 0.1) is 0 Å². The molecule has 1 aliphatic carbocycles. The summed E-state index contributed by atoms with van der Waals surface area (Å²) < 4.78 is 30.5. The molecule has 0 spiro atoms. The number of rotatable bonds is 14. The molecule has 1 amide bonds. The molecule has 10 heteroatoms. The third kappa shape index (κ3) is 8.61. The Kier molecular flexibility index (Phi) is 11.1. The highest BCUT2D eigenvalue weighted by Crippen LogP contribution is 2.24. The number of carbonyl (C=O) groups is 1. The number of benzene rings is 1. The van der Waals surface area contributed by atoms with E-state index in [1.165, 1.54) is 11.1 Å². The summed E-state index contributed by atoms with van der Waals surface area (Å²) in [4.78, 5) is 21.9. The van der Waals surface area contributed by atoms with Crippen molar-refractivity contribution in [3.63, 3.8) is 0 Å². The van der Waals surface area contributed by atoms with Gasteiger partial charge in [0, 0.05) is 20.1 Å². The Bertz CT molecular complexity index is 1080. The van der Waals surface area contributed by atoms with Gasteiger partial charge in [0.25, 0.3) is 5.91 Å². The standard InChI is InChI=1S/C27H44N6O3S/c1-5-33(6-2)20-13-21-37(35,36)30-24(19-18-22-14-9-7-10-15-22)25-28-26(32(4)29-25)27(34)31(3)23-16-11-8-12-17-23/h7,9-10,14-15,23-24,30H,5-6,8,11-13,16-21H2,1-4H3/t24-/m1/s1. The Labute approximate surface area is 222 Å². The molecule has 1 fully saturated rings. The van der Waals surface area contributed by atoms with E-state index in [0.29, 0.717) is 25.1 Å². The van der Waals surface area contributed by atoms with E-state index >= 15 is 0 Å². The van der Waals surface area contributed by atoms with Gasteiger partial charge in [-0.05, 0) is 57.3 Å². The van der Waals surface area contributed by atoms with Crippen LogP contribution in [0.1, 0.15) is 86.8 Å². The predicted octanol–water partition coefficient (Wildman–Crippen LogP) is 3.55. The Balaban J connectivity index is 1.76. The van der Waals surface area contributed by atoms with Gasteiger partial charge in [0.1, 0.15) is 0 Å². The maximum absolute atomic E-state index is 13.3. The van der Waals surface area contributed by atoms with Gasteiger partial charge in [-0.15, -0.1) is 0 Å². The van der Waals surface area contributed by atoms with Crippen LogP contribution in [-0.4, -0.2) is 77.4 Å². The fourth-order valence-electron chi connectivity index (χ4n) is 5.02. The topological polar surface area (TPSA) is 100 Å². The molecule has 0 radical (unpaired) electrons. The molecule has 9 nitrogen and oxygen atoms in total. The van der Waals surface area contributed by atoms with Gasteiger partial charge in [-0.1, -0.05) is 63.4 Å². The van der Waals surface area contributed by atoms with E-state index in [-0.39, 0.29) is 23.5 Å². The Hall–Kier alpha value is -2.30. The van der Waals surface area contributed by atoms with Crippen LogP contribution < -0.4 is 4.72 Å². The van der Waals surface area contributed by atoms with Gasteiger partial charge in [-0.2, -0.15) is 5.10 Å². The first-order chi connectivity index (χ1) is 17.7. The van der Waals surface area contributed by atoms with Crippen molar-refractivity contribution in [2.24, 2.45) is 7.05 Å². The van der Waals surface area contributed by atoms with Crippen molar-refractivity contribution in [1.29, 1.82) is 0 Å². The second kappa shape index (κ2) is 14.0. The fourth-order valence-corrected chi connectivity index (χ4v) is 6.30. The molecular formula is C27H44N6O3S. The molecule has 1 N–H and O–H groups in total. The highest BCUT2D eigenvalue weighted by atomic mass is 32.2. The third-order valence-corrected chi connectivity index (χ3v) is 8.86. The smallest absolute Gasteiger partial charge is 0.291 e. The number of aromatic nitrogens is 3. The second-order valence-electron chi connectivity index (χ2n) is 10.0. The largest absolute Gasteiger partial charge is 0.336 e. The summed E-state index contributed by atoms with van der Waals surface area (Å²) in [5, 5.41) is 4.51. The average molecular weight is 533 g/mol. The van der Waals surface area contributed by atoms with Crippen molar-refractivity contribution in [2.75, 3.05) is 32.4 Å². The average Bonchev–Trinajstić information content (AvgIpc) is 3.30. The highest BCUT2D eigenvalue weighted by molar-refractivity contribution is 7.89. The maximum Gasteiger partial charge on any atom is 0.291 e. The predicted molar refractivity (Wildman–Crippen MR) is 147 cm³/mol. The van der Waals surface area contributed by atoms with Gasteiger partial charge in [0.2, 0.25) is 15.8 Å². The Morgan fingerprint density at radius 2 is 1.81 bits per heavy atom. The van der Waals surface area contributed by atoms with E-state index in [9.17, 15) is 13.2 Å². The summed E-state index contributed by atoms with van der Waals surface area (Å²) in [7, 11) is -0.0328. The molecule has 1 aliphatic rings. The lowest BCUT2D eigenvalue weighted by molar-refractivity contribution is 0.0678. The zero-order valence-corrected chi connectivity index (χ0v) is 23.7. The van der Waals surface area contributed by atoms with Crippen molar-refractivity contribution in [2.45, 2.75) is 77.3 Å². The molecular weight excluding hydrogens is 488 g/mol. The molecule has 1 aromatic heterocycles. The SMILES string of the molecule is CCN(CC)CCCS(=O)(=O)N[C@H](CCc1ccccc1)c1nc(C(=O)N(C)C2CCCCC2)n(C)n1. The Morgan fingerprint density at radius 1 is 1.14 bits per heavy atom. The van der Waals surface area contributed by atoms with Crippen LogP contribution in [-0.2, 0) is 23.5 Å². The van der Waals surface area contributed by atoms with E-state index < -0.39 is 16.1 Å². The quantitative estimate of drug-likeness (QED) is 0.399. The van der Waals surface area contributed by atoms with Gasteiger partial charge in [0.05, 0.1) is 11.8 Å². The number of aryl methyl sites for hydroxylation is 2. The van der Waals surface area contributed by atoms with E-state index in [1.54, 1.807) is 11.9 Å². The van der Waals surface area contributed by atoms with Crippen LogP contribution in [0.25, 0.3) is 0 Å². The first kappa shape index (κ1) is 29.3. The normalized spacial score (nSPS) is 15.7. The number of nitrogens with zero attached hydrogens (tertiary/aromatic N) is 5. The molecule has 0 unspecified atom stereocenters. The molecule has 1 heterocycles. The van der Waals surface area contributed by atoms with Crippen LogP contribution in [0.15, 0.2) is 30.3 Å². The van der Waals surface area contributed by atoms with Crippen LogP contribution in [0.4, 0.5) is 0 Å². The molecule has 0 bridgehead atoms. The summed E-state index contributed by atoms with van der Waals surface area (Å²) in [5.41, 5.74) is 1.11. The van der Waals surface area contributed by atoms with Crippen LogP contribution >= 0.6 is 0 Å². The van der Waals surface area contributed by atoms with Crippen molar-refractivity contribution >= 4 is 15.9 Å². The van der Waals surface area contributed by atoms with Gasteiger partial charge in [-0.25, -0.2) is 22.8 Å². The van der Waals surface area contributed by atoms with Crippen molar-refractivity contribution < 1.29 is 13.2 Å². The first-order valence-electron chi connectivity index (χ1n) is 13.7. The zero-order valence-electron chi connectivity index (χ0n) is 22.9. The fraction of sp³-hybridized carbons (Fsp3) is 0.667. The molecule has 0 saturated heterocycles. The lowest BCUT2D eigenvalue weighted by atomic mass is 9.94. The van der Waals surface area contributed by atoms with Gasteiger partial charge >= 0.3 is 0 Å². The maximum atomic E-state index is 13.3. The van der Waals surface area contributed by atoms with Crippen molar-refractivity contribution in [3.8, 4) is 0 Å². The molecule has 0 aliphatic heterocycles. The third-order valence-electron chi connectivity index (χ3n) is 7.39. The molecule has 206 valence electrons. The minimum absolute atomic E-state index is 0.0361. The molecule has 1 atom stereocenters. The van der Waals surface area contributed by atoms with E-state index in [4.69, 9.17) is 0 Å². The van der Waals surface area contributed by atoms with Gasteiger partial charge in [-0.3, -0.25) is 4.79 Å². The minimum atomic E-state index is -3.56. The minimum Gasteiger partial charge on any atom is -0.336 e. The molecule has 3 rings (SSSR count). The number of carbonyl (C=O) groups excluding carboxylic acids is 1. The van der Waals surface area contributed by atoms with Crippen LogP contribution in [0.5, 0.6) is 0 Å². The zero-order chi connectivity index (χ0) is 26.8. The first-order valence-corrected chi connectivity index (χ1v) is 15.3. The van der Waals surface area contributed by atoms with E-state index in [2.05, 4.69) is 33.6 Å². The van der Waals surface area contributed by atoms with Crippen LogP contribution in [0.3, 0.4) is 0 Å². The van der Waals surface area contributed by atoms with Crippen LogP contribution in [0.2, 0.25) is 0 Å². The summed E-state index contributed by atoms with van der Waals surface area (Å²) >= 11 is 0. The van der Waals surface area contributed by atoms with Gasteiger partial charge < -0.3 is 9.80 Å². The number of hydrogen-bond acceptors (Lipinski definition) is 6. The lowest BCUT2D eigenvalue weighted by Crippen LogP contribution is -2.39. The molecule has 1 aromatic carbocycles. The summed E-state index contributed by atoms with van der Waals surface area (Å²) in [6.45, 7) is 6.68. The van der Waals surface area contributed by atoms with E-state index in [1.807, 2.05) is 37.4 Å². The van der Waals surface area contributed by atoms with Crippen molar-refractivity contribution in [3.05, 3.63) is 47.5 Å². The summed E-state index contributed by atoms with van der Waals surface area (Å²) in [6.07, 6.45) is 7.18. The molecule has 37 heavy (non-hydrogen) atoms. The van der Waals surface area contributed by atoms with E-state index in [0.717, 1.165) is 50.9 Å². The Morgan fingerprint density at radius 3 is 2.46 bits per heavy atom. The number of sulfonamides is 1. The second-order valence-corrected chi connectivity index (χ2v) is 11.9. The summed E-state index contributed by atoms with van der Waals surface area (Å²) in [5.74, 6) is 0.450. The lowest BCUT2D eigenvalue weighted by Gasteiger charge is -2.30. The number of amides is 1. The molecule has 1 saturated carbocycles.